The van der Waals surface area contributed by atoms with Crippen LogP contribution in [0.4, 0.5) is 0 Å². The predicted molar refractivity (Wildman–Crippen MR) is 100 cm³/mol. The Balaban J connectivity index is 1.81. The summed E-state index contributed by atoms with van der Waals surface area (Å²) in [6, 6.07) is 17.3. The monoisotopic (exact) mass is 352 g/mol. The number of amides is 2. The van der Waals surface area contributed by atoms with E-state index in [0.717, 1.165) is 12.8 Å². The highest BCUT2D eigenvalue weighted by Crippen LogP contribution is 2.34. The second kappa shape index (κ2) is 7.60. The van der Waals surface area contributed by atoms with Crippen molar-refractivity contribution < 1.29 is 14.3 Å². The Morgan fingerprint density at radius 2 is 1.81 bits per heavy atom. The van der Waals surface area contributed by atoms with Gasteiger partial charge >= 0.3 is 0 Å². The fraction of sp³-hybridized carbons (Fsp3) is 0.333. The molecule has 1 aliphatic heterocycles. The maximum absolute atomic E-state index is 13.1. The number of likely N-dealkylation sites (tertiary alicyclic amines) is 1. The van der Waals surface area contributed by atoms with Crippen LogP contribution in [0.2, 0.25) is 0 Å². The maximum Gasteiger partial charge on any atom is 0.257 e. The lowest BCUT2D eigenvalue weighted by Gasteiger charge is -2.41. The predicted octanol–water partition coefficient (Wildman–Crippen LogP) is 2.74. The molecule has 1 unspecified atom stereocenters. The smallest absolute Gasteiger partial charge is 0.257 e. The molecule has 1 heterocycles. The van der Waals surface area contributed by atoms with Crippen LogP contribution >= 0.6 is 0 Å². The van der Waals surface area contributed by atoms with Crippen molar-refractivity contribution >= 4 is 11.8 Å². The van der Waals surface area contributed by atoms with Gasteiger partial charge in [0.25, 0.3) is 11.8 Å². The molecule has 2 amide bonds. The number of carbonyl (C=O) groups is 2. The van der Waals surface area contributed by atoms with Gasteiger partial charge in [-0.25, -0.2) is 0 Å². The summed E-state index contributed by atoms with van der Waals surface area (Å²) >= 11 is 0. The van der Waals surface area contributed by atoms with Crippen LogP contribution in [0.1, 0.15) is 35.7 Å². The Labute approximate surface area is 153 Å². The minimum absolute atomic E-state index is 0.0712. The summed E-state index contributed by atoms with van der Waals surface area (Å²) < 4.78 is 5.43. The average Bonchev–Trinajstić information content (AvgIpc) is 2.67. The van der Waals surface area contributed by atoms with Crippen molar-refractivity contribution in [3.05, 3.63) is 65.7 Å². The summed E-state index contributed by atoms with van der Waals surface area (Å²) in [7, 11) is 0. The Morgan fingerprint density at radius 3 is 2.54 bits per heavy atom. The van der Waals surface area contributed by atoms with E-state index >= 15 is 0 Å². The molecule has 1 aliphatic rings. The van der Waals surface area contributed by atoms with Gasteiger partial charge in [0.2, 0.25) is 0 Å². The highest BCUT2D eigenvalue weighted by molar-refractivity contribution is 5.97. The minimum Gasteiger partial charge on any atom is -0.483 e. The SMILES string of the molecule is CC1(c2ccccc2)CCCN(C(=O)c2ccccc2OCC(N)=O)C1. The van der Waals surface area contributed by atoms with Crippen molar-refractivity contribution in [1.29, 1.82) is 0 Å². The van der Waals surface area contributed by atoms with Crippen molar-refractivity contribution in [2.45, 2.75) is 25.2 Å². The molecule has 5 heteroatoms. The molecule has 3 rings (SSSR count). The molecule has 1 fully saturated rings. The molecule has 0 aromatic heterocycles. The van der Waals surface area contributed by atoms with Gasteiger partial charge in [-0.05, 0) is 30.5 Å². The van der Waals surface area contributed by atoms with Gasteiger partial charge < -0.3 is 15.4 Å². The first-order chi connectivity index (χ1) is 12.5. The number of nitrogens with zero attached hydrogens (tertiary/aromatic N) is 1. The van der Waals surface area contributed by atoms with Crippen LogP contribution in [0.3, 0.4) is 0 Å². The van der Waals surface area contributed by atoms with Crippen molar-refractivity contribution in [3.8, 4) is 5.75 Å². The maximum atomic E-state index is 13.1. The van der Waals surface area contributed by atoms with E-state index in [1.165, 1.54) is 5.56 Å². The molecule has 2 aromatic carbocycles. The summed E-state index contributed by atoms with van der Waals surface area (Å²) in [6.45, 7) is 3.33. The third kappa shape index (κ3) is 3.87. The molecule has 0 spiro atoms. The number of para-hydroxylation sites is 1. The normalized spacial score (nSPS) is 19.8. The van der Waals surface area contributed by atoms with Crippen LogP contribution in [0, 0.1) is 0 Å². The number of benzene rings is 2. The van der Waals surface area contributed by atoms with E-state index in [1.54, 1.807) is 24.3 Å². The van der Waals surface area contributed by atoms with Crippen LogP contribution in [-0.2, 0) is 10.2 Å². The number of hydrogen-bond donors (Lipinski definition) is 1. The lowest BCUT2D eigenvalue weighted by atomic mass is 9.76. The number of primary amides is 1. The number of piperidine rings is 1. The summed E-state index contributed by atoms with van der Waals surface area (Å²) in [5, 5.41) is 0. The van der Waals surface area contributed by atoms with E-state index in [2.05, 4.69) is 19.1 Å². The molecule has 1 saturated heterocycles. The molecule has 1 atom stereocenters. The van der Waals surface area contributed by atoms with E-state index in [0.29, 0.717) is 24.4 Å². The molecule has 0 aliphatic carbocycles. The molecule has 136 valence electrons. The highest BCUT2D eigenvalue weighted by Gasteiger charge is 2.35. The third-order valence-electron chi connectivity index (χ3n) is 4.94. The topological polar surface area (TPSA) is 72.6 Å². The zero-order chi connectivity index (χ0) is 18.6. The number of nitrogens with two attached hydrogens (primary N) is 1. The van der Waals surface area contributed by atoms with Gasteiger partial charge in [-0.2, -0.15) is 0 Å². The molecule has 26 heavy (non-hydrogen) atoms. The van der Waals surface area contributed by atoms with Crippen molar-refractivity contribution in [3.63, 3.8) is 0 Å². The Morgan fingerprint density at radius 1 is 1.12 bits per heavy atom. The highest BCUT2D eigenvalue weighted by atomic mass is 16.5. The molecule has 0 bridgehead atoms. The van der Waals surface area contributed by atoms with Crippen LogP contribution in [-0.4, -0.2) is 36.4 Å². The molecule has 2 aromatic rings. The fourth-order valence-corrected chi connectivity index (χ4v) is 3.58. The zero-order valence-corrected chi connectivity index (χ0v) is 15.0. The first-order valence-corrected chi connectivity index (χ1v) is 8.84. The lowest BCUT2D eigenvalue weighted by molar-refractivity contribution is -0.119. The van der Waals surface area contributed by atoms with Crippen LogP contribution in [0.25, 0.3) is 0 Å². The molecule has 2 N–H and O–H groups in total. The van der Waals surface area contributed by atoms with Crippen molar-refractivity contribution in [1.82, 2.24) is 4.90 Å². The van der Waals surface area contributed by atoms with Crippen molar-refractivity contribution in [2.24, 2.45) is 5.73 Å². The quantitative estimate of drug-likeness (QED) is 0.899. The largest absolute Gasteiger partial charge is 0.483 e. The number of carbonyl (C=O) groups excluding carboxylic acids is 2. The second-order valence-electron chi connectivity index (χ2n) is 7.01. The summed E-state index contributed by atoms with van der Waals surface area (Å²) in [5.74, 6) is -0.253. The van der Waals surface area contributed by atoms with Gasteiger partial charge in [-0.15, -0.1) is 0 Å². The molecular weight excluding hydrogens is 328 g/mol. The minimum atomic E-state index is -0.568. The first kappa shape index (κ1) is 18.0. The second-order valence-corrected chi connectivity index (χ2v) is 7.01. The summed E-state index contributed by atoms with van der Waals surface area (Å²) in [5.41, 5.74) is 6.79. The Bertz CT molecular complexity index is 791. The van der Waals surface area contributed by atoms with Crippen LogP contribution < -0.4 is 10.5 Å². The van der Waals surface area contributed by atoms with Gasteiger partial charge in [0.05, 0.1) is 5.56 Å². The molecule has 0 radical (unpaired) electrons. The van der Waals surface area contributed by atoms with Crippen molar-refractivity contribution in [2.75, 3.05) is 19.7 Å². The Kier molecular flexibility index (Phi) is 5.26. The van der Waals surface area contributed by atoms with E-state index in [1.807, 2.05) is 23.1 Å². The lowest BCUT2D eigenvalue weighted by Crippen LogP contribution is -2.47. The van der Waals surface area contributed by atoms with E-state index in [9.17, 15) is 9.59 Å². The third-order valence-corrected chi connectivity index (χ3v) is 4.94. The Hall–Kier alpha value is -2.82. The number of rotatable bonds is 5. The van der Waals surface area contributed by atoms with Crippen LogP contribution in [0.5, 0.6) is 5.75 Å². The van der Waals surface area contributed by atoms with Gasteiger partial charge in [0.15, 0.2) is 6.61 Å². The van der Waals surface area contributed by atoms with Gasteiger partial charge in [0.1, 0.15) is 5.75 Å². The van der Waals surface area contributed by atoms with Crippen LogP contribution in [0.15, 0.2) is 54.6 Å². The van der Waals surface area contributed by atoms with E-state index in [-0.39, 0.29) is 17.9 Å². The van der Waals surface area contributed by atoms with Gasteiger partial charge in [-0.3, -0.25) is 9.59 Å². The first-order valence-electron chi connectivity index (χ1n) is 8.84. The summed E-state index contributed by atoms with van der Waals surface area (Å²) in [4.78, 5) is 26.0. The van der Waals surface area contributed by atoms with E-state index < -0.39 is 5.91 Å². The number of ether oxygens (including phenoxy) is 1. The fourth-order valence-electron chi connectivity index (χ4n) is 3.58. The average molecular weight is 352 g/mol. The zero-order valence-electron chi connectivity index (χ0n) is 15.0. The molecule has 0 saturated carbocycles. The molecular formula is C21H24N2O3. The van der Waals surface area contributed by atoms with E-state index in [4.69, 9.17) is 10.5 Å². The van der Waals surface area contributed by atoms with Gasteiger partial charge in [-0.1, -0.05) is 49.4 Å². The number of hydrogen-bond acceptors (Lipinski definition) is 3. The van der Waals surface area contributed by atoms with Gasteiger partial charge in [0, 0.05) is 18.5 Å². The summed E-state index contributed by atoms with van der Waals surface area (Å²) in [6.07, 6.45) is 1.99. The standard InChI is InChI=1S/C21H24N2O3/c1-21(16-8-3-2-4-9-16)12-7-13-23(15-21)20(25)17-10-5-6-11-18(17)26-14-19(22)24/h2-6,8-11H,7,12-15H2,1H3,(H2,22,24). The molecule has 5 nitrogen and oxygen atoms in total.